The van der Waals surface area contributed by atoms with Gasteiger partial charge in [0.15, 0.2) is 0 Å². The standard InChI is InChI=1S/C16H30N4O/c17-14-5-11-19(12-6-14)15(13-3-7-18-8-4-13)16(21)20-9-1-2-10-20/h13-15,18H,1-12,17H2. The van der Waals surface area contributed by atoms with Crippen molar-refractivity contribution in [3.05, 3.63) is 0 Å². The molecule has 0 aromatic carbocycles. The van der Waals surface area contributed by atoms with Crippen LogP contribution in [-0.4, -0.2) is 67.1 Å². The van der Waals surface area contributed by atoms with Crippen LogP contribution in [0, 0.1) is 5.92 Å². The van der Waals surface area contributed by atoms with Crippen LogP contribution in [0.4, 0.5) is 0 Å². The molecule has 0 saturated carbocycles. The van der Waals surface area contributed by atoms with Gasteiger partial charge in [0, 0.05) is 32.2 Å². The highest BCUT2D eigenvalue weighted by Crippen LogP contribution is 2.26. The summed E-state index contributed by atoms with van der Waals surface area (Å²) in [5.41, 5.74) is 6.04. The van der Waals surface area contributed by atoms with Gasteiger partial charge >= 0.3 is 0 Å². The normalized spacial score (nSPS) is 28.0. The van der Waals surface area contributed by atoms with Crippen LogP contribution in [0.5, 0.6) is 0 Å². The molecule has 0 aromatic rings. The molecule has 3 aliphatic rings. The fourth-order valence-corrected chi connectivity index (χ4v) is 4.14. The smallest absolute Gasteiger partial charge is 0.240 e. The minimum absolute atomic E-state index is 0.109. The highest BCUT2D eigenvalue weighted by molar-refractivity contribution is 5.82. The molecule has 1 unspecified atom stereocenters. The molecule has 0 aliphatic carbocycles. The van der Waals surface area contributed by atoms with Crippen LogP contribution in [0.2, 0.25) is 0 Å². The van der Waals surface area contributed by atoms with Gasteiger partial charge in [0.1, 0.15) is 0 Å². The van der Waals surface area contributed by atoms with E-state index >= 15 is 0 Å². The van der Waals surface area contributed by atoms with E-state index in [2.05, 4.69) is 15.1 Å². The average Bonchev–Trinajstić information content (AvgIpc) is 3.05. The summed E-state index contributed by atoms with van der Waals surface area (Å²) in [6, 6.07) is 0.439. The first-order valence-corrected chi connectivity index (χ1v) is 8.75. The van der Waals surface area contributed by atoms with Gasteiger partial charge < -0.3 is 16.0 Å². The fraction of sp³-hybridized carbons (Fsp3) is 0.938. The lowest BCUT2D eigenvalue weighted by atomic mass is 9.87. The summed E-state index contributed by atoms with van der Waals surface area (Å²) >= 11 is 0. The topological polar surface area (TPSA) is 61.6 Å². The summed E-state index contributed by atoms with van der Waals surface area (Å²) in [7, 11) is 0. The quantitative estimate of drug-likeness (QED) is 0.791. The average molecular weight is 294 g/mol. The van der Waals surface area contributed by atoms with E-state index in [1.807, 2.05) is 0 Å². The van der Waals surface area contributed by atoms with E-state index in [9.17, 15) is 4.79 Å². The van der Waals surface area contributed by atoms with Crippen molar-refractivity contribution in [3.63, 3.8) is 0 Å². The summed E-state index contributed by atoms with van der Waals surface area (Å²) in [5, 5.41) is 3.42. The first-order valence-electron chi connectivity index (χ1n) is 8.75. The Hall–Kier alpha value is -0.650. The summed E-state index contributed by atoms with van der Waals surface area (Å²) in [4.78, 5) is 17.6. The molecule has 0 aromatic heterocycles. The first-order chi connectivity index (χ1) is 10.3. The second kappa shape index (κ2) is 7.07. The maximum atomic E-state index is 13.1. The molecule has 0 radical (unpaired) electrons. The Balaban J connectivity index is 1.71. The molecule has 0 bridgehead atoms. The largest absolute Gasteiger partial charge is 0.341 e. The number of piperidine rings is 2. The van der Waals surface area contributed by atoms with Gasteiger partial charge in [-0.25, -0.2) is 0 Å². The van der Waals surface area contributed by atoms with Gasteiger partial charge in [-0.3, -0.25) is 9.69 Å². The van der Waals surface area contributed by atoms with Crippen LogP contribution >= 0.6 is 0 Å². The Labute approximate surface area is 128 Å². The van der Waals surface area contributed by atoms with Crippen LogP contribution < -0.4 is 11.1 Å². The number of hydrogen-bond donors (Lipinski definition) is 2. The zero-order chi connectivity index (χ0) is 14.7. The van der Waals surface area contributed by atoms with E-state index in [1.165, 1.54) is 12.8 Å². The van der Waals surface area contributed by atoms with Crippen LogP contribution in [0.1, 0.15) is 38.5 Å². The molecule has 3 aliphatic heterocycles. The monoisotopic (exact) mass is 294 g/mol. The molecule has 5 nitrogen and oxygen atoms in total. The van der Waals surface area contributed by atoms with E-state index in [0.717, 1.165) is 65.0 Å². The third kappa shape index (κ3) is 3.58. The number of carbonyl (C=O) groups excluding carboxylic acids is 1. The first kappa shape index (κ1) is 15.3. The van der Waals surface area contributed by atoms with Crippen LogP contribution in [0.15, 0.2) is 0 Å². The predicted molar refractivity (Wildman–Crippen MR) is 84.0 cm³/mol. The highest BCUT2D eigenvalue weighted by atomic mass is 16.2. The van der Waals surface area contributed by atoms with Crippen molar-refractivity contribution in [1.82, 2.24) is 15.1 Å². The fourth-order valence-electron chi connectivity index (χ4n) is 4.14. The third-order valence-electron chi connectivity index (χ3n) is 5.47. The second-order valence-corrected chi connectivity index (χ2v) is 6.94. The molecule has 3 N–H and O–H groups in total. The molecule has 3 saturated heterocycles. The van der Waals surface area contributed by atoms with E-state index in [0.29, 0.717) is 17.9 Å². The van der Waals surface area contributed by atoms with E-state index in [1.54, 1.807) is 0 Å². The molecule has 3 rings (SSSR count). The zero-order valence-electron chi connectivity index (χ0n) is 13.1. The number of hydrogen-bond acceptors (Lipinski definition) is 4. The lowest BCUT2D eigenvalue weighted by Crippen LogP contribution is -2.56. The number of nitrogens with zero attached hydrogens (tertiary/aromatic N) is 2. The Morgan fingerprint density at radius 2 is 1.62 bits per heavy atom. The lowest BCUT2D eigenvalue weighted by molar-refractivity contribution is -0.139. The molecule has 1 atom stereocenters. The minimum Gasteiger partial charge on any atom is -0.341 e. The van der Waals surface area contributed by atoms with Crippen molar-refractivity contribution >= 4 is 5.91 Å². The van der Waals surface area contributed by atoms with Gasteiger partial charge in [0.25, 0.3) is 0 Å². The molecule has 1 amide bonds. The van der Waals surface area contributed by atoms with Crippen molar-refractivity contribution in [3.8, 4) is 0 Å². The van der Waals surface area contributed by atoms with E-state index in [4.69, 9.17) is 5.73 Å². The molecular weight excluding hydrogens is 264 g/mol. The number of rotatable bonds is 3. The van der Waals surface area contributed by atoms with Gasteiger partial charge in [-0.1, -0.05) is 0 Å². The molecule has 0 spiro atoms. The molecule has 21 heavy (non-hydrogen) atoms. The van der Waals surface area contributed by atoms with E-state index in [-0.39, 0.29) is 6.04 Å². The number of nitrogens with two attached hydrogens (primary N) is 1. The van der Waals surface area contributed by atoms with Gasteiger partial charge in [-0.2, -0.15) is 0 Å². The van der Waals surface area contributed by atoms with E-state index < -0.39 is 0 Å². The zero-order valence-corrected chi connectivity index (χ0v) is 13.1. The van der Waals surface area contributed by atoms with Crippen molar-refractivity contribution in [1.29, 1.82) is 0 Å². The Morgan fingerprint density at radius 3 is 2.24 bits per heavy atom. The number of carbonyl (C=O) groups is 1. The van der Waals surface area contributed by atoms with Gasteiger partial charge in [-0.05, 0) is 57.5 Å². The Bertz CT molecular complexity index is 342. The Morgan fingerprint density at radius 1 is 1.00 bits per heavy atom. The third-order valence-corrected chi connectivity index (χ3v) is 5.47. The molecule has 3 fully saturated rings. The van der Waals surface area contributed by atoms with Gasteiger partial charge in [-0.15, -0.1) is 0 Å². The SMILES string of the molecule is NC1CCN(C(C(=O)N2CCCC2)C2CCNCC2)CC1. The summed E-state index contributed by atoms with van der Waals surface area (Å²) < 4.78 is 0. The summed E-state index contributed by atoms with van der Waals surface area (Å²) in [6.45, 7) is 6.04. The van der Waals surface area contributed by atoms with Crippen LogP contribution in [0.25, 0.3) is 0 Å². The molecule has 3 heterocycles. The second-order valence-electron chi connectivity index (χ2n) is 6.94. The van der Waals surface area contributed by atoms with Gasteiger partial charge in [0.2, 0.25) is 5.91 Å². The van der Waals surface area contributed by atoms with Crippen molar-refractivity contribution < 1.29 is 4.79 Å². The number of amides is 1. The van der Waals surface area contributed by atoms with Crippen molar-refractivity contribution in [2.45, 2.75) is 50.6 Å². The minimum atomic E-state index is 0.109. The van der Waals surface area contributed by atoms with Crippen molar-refractivity contribution in [2.24, 2.45) is 11.7 Å². The lowest BCUT2D eigenvalue weighted by Gasteiger charge is -2.42. The van der Waals surface area contributed by atoms with Crippen LogP contribution in [-0.2, 0) is 4.79 Å². The Kier molecular flexibility index (Phi) is 5.14. The molecule has 120 valence electrons. The highest BCUT2D eigenvalue weighted by Gasteiger charge is 2.38. The molecular formula is C16H30N4O. The van der Waals surface area contributed by atoms with Gasteiger partial charge in [0.05, 0.1) is 6.04 Å². The maximum Gasteiger partial charge on any atom is 0.240 e. The van der Waals surface area contributed by atoms with Crippen LogP contribution in [0.3, 0.4) is 0 Å². The number of nitrogens with one attached hydrogen (secondary N) is 1. The maximum absolute atomic E-state index is 13.1. The van der Waals surface area contributed by atoms with Crippen molar-refractivity contribution in [2.75, 3.05) is 39.3 Å². The summed E-state index contributed by atoms with van der Waals surface area (Å²) in [5.74, 6) is 0.920. The predicted octanol–water partition coefficient (Wildman–Crippen LogP) is 0.400. The molecule has 5 heteroatoms. The number of likely N-dealkylation sites (tertiary alicyclic amines) is 2. The summed E-state index contributed by atoms with van der Waals surface area (Å²) in [6.07, 6.45) is 6.69.